The highest BCUT2D eigenvalue weighted by atomic mass is 35.5. The molecule has 0 radical (unpaired) electrons. The van der Waals surface area contributed by atoms with E-state index in [2.05, 4.69) is 20.2 Å². The molecule has 1 aliphatic heterocycles. The Balaban J connectivity index is 1.46. The first-order valence-electron chi connectivity index (χ1n) is 12.3. The van der Waals surface area contributed by atoms with Crippen molar-refractivity contribution in [3.63, 3.8) is 0 Å². The van der Waals surface area contributed by atoms with Crippen molar-refractivity contribution >= 4 is 56.3 Å². The lowest BCUT2D eigenvalue weighted by atomic mass is 9.89. The molecule has 0 atom stereocenters. The zero-order chi connectivity index (χ0) is 28.4. The lowest BCUT2D eigenvalue weighted by molar-refractivity contribution is 0.0713. The molecule has 0 bridgehead atoms. The van der Waals surface area contributed by atoms with Crippen LogP contribution in [0.3, 0.4) is 0 Å². The van der Waals surface area contributed by atoms with Gasteiger partial charge in [0, 0.05) is 36.6 Å². The van der Waals surface area contributed by atoms with Crippen molar-refractivity contribution in [1.82, 2.24) is 15.0 Å². The van der Waals surface area contributed by atoms with Crippen LogP contribution in [0.25, 0.3) is 0 Å². The second kappa shape index (κ2) is 11.4. The Hall–Kier alpha value is -3.67. The Kier molecular flexibility index (Phi) is 7.97. The minimum atomic E-state index is -4.17. The van der Waals surface area contributed by atoms with Gasteiger partial charge in [-0.3, -0.25) is 9.52 Å². The van der Waals surface area contributed by atoms with Gasteiger partial charge in [-0.2, -0.15) is 8.42 Å². The summed E-state index contributed by atoms with van der Waals surface area (Å²) in [6, 6.07) is 12.6. The minimum Gasteiger partial charge on any atom is -0.363 e. The minimum absolute atomic E-state index is 0.00984. The fourth-order valence-electron chi connectivity index (χ4n) is 4.68. The smallest absolute Gasteiger partial charge is 0.280 e. The molecule has 0 aliphatic carbocycles. The van der Waals surface area contributed by atoms with Crippen LogP contribution >= 0.6 is 23.2 Å². The molecule has 2 N–H and O–H groups in total. The predicted molar refractivity (Wildman–Crippen MR) is 150 cm³/mol. The normalized spacial score (nSPS) is 14.2. The van der Waals surface area contributed by atoms with Crippen LogP contribution in [0.15, 0.2) is 70.5 Å². The molecule has 4 aromatic rings. The molecule has 5 rings (SSSR count). The number of pyridine rings is 1. The second-order valence-electron chi connectivity index (χ2n) is 9.34. The van der Waals surface area contributed by atoms with Crippen LogP contribution in [0.2, 0.25) is 10.0 Å². The lowest BCUT2D eigenvalue weighted by Crippen LogP contribution is -2.38. The average molecular weight is 604 g/mol. The highest BCUT2D eigenvalue weighted by Crippen LogP contribution is 2.34. The van der Waals surface area contributed by atoms with E-state index in [0.29, 0.717) is 36.6 Å². The highest BCUT2D eigenvalue weighted by Gasteiger charge is 2.30. The Morgan fingerprint density at radius 1 is 1.07 bits per heavy atom. The summed E-state index contributed by atoms with van der Waals surface area (Å²) in [6.45, 7) is 2.50. The number of amides is 1. The Labute approximate surface area is 240 Å². The molecule has 40 heavy (non-hydrogen) atoms. The number of sulfonamides is 1. The van der Waals surface area contributed by atoms with Crippen LogP contribution in [-0.4, -0.2) is 42.5 Å². The summed E-state index contributed by atoms with van der Waals surface area (Å²) in [4.78, 5) is 19.6. The van der Waals surface area contributed by atoms with Crippen molar-refractivity contribution in [2.45, 2.75) is 30.7 Å². The van der Waals surface area contributed by atoms with E-state index in [1.807, 2.05) is 0 Å². The zero-order valence-electron chi connectivity index (χ0n) is 21.2. The molecule has 1 saturated heterocycles. The standard InChI is InChI=1S/C27H24Cl2FN5O4S/c1-16-25(32-20-6-7-22(28)23(29)14-20)21(15-31-26(16)40(37,38)34-24-10-13-39-33-24)27(36)35-11-8-18(9-12-35)17-2-4-19(30)5-3-17/h2-7,10,13-15,18H,8-9,11-12H2,1H3,(H,31,32)(H,33,34). The number of likely N-dealkylation sites (tertiary alicyclic amines) is 1. The number of hydrogen-bond donors (Lipinski definition) is 2. The van der Waals surface area contributed by atoms with Crippen molar-refractivity contribution in [1.29, 1.82) is 0 Å². The quantitative estimate of drug-likeness (QED) is 0.251. The van der Waals surface area contributed by atoms with Crippen molar-refractivity contribution in [3.05, 3.63) is 93.5 Å². The van der Waals surface area contributed by atoms with E-state index >= 15 is 0 Å². The van der Waals surface area contributed by atoms with Gasteiger partial charge in [0.05, 0.1) is 21.3 Å². The summed E-state index contributed by atoms with van der Waals surface area (Å²) in [5, 5.41) is 7.08. The van der Waals surface area contributed by atoms with E-state index in [9.17, 15) is 17.6 Å². The van der Waals surface area contributed by atoms with Gasteiger partial charge in [0.25, 0.3) is 15.9 Å². The molecule has 1 aliphatic rings. The van der Waals surface area contributed by atoms with Crippen LogP contribution in [0.4, 0.5) is 21.6 Å². The monoisotopic (exact) mass is 603 g/mol. The molecular weight excluding hydrogens is 580 g/mol. The maximum Gasteiger partial charge on any atom is 0.280 e. The number of piperidine rings is 1. The van der Waals surface area contributed by atoms with Gasteiger partial charge in [0.1, 0.15) is 12.1 Å². The fraction of sp³-hybridized carbons (Fsp3) is 0.222. The summed E-state index contributed by atoms with van der Waals surface area (Å²) in [6.07, 6.45) is 3.88. The molecule has 208 valence electrons. The third-order valence-electron chi connectivity index (χ3n) is 6.75. The van der Waals surface area contributed by atoms with Gasteiger partial charge in [0.15, 0.2) is 10.8 Å². The number of benzene rings is 2. The first kappa shape index (κ1) is 27.9. The maximum absolute atomic E-state index is 13.8. The first-order valence-corrected chi connectivity index (χ1v) is 14.6. The zero-order valence-corrected chi connectivity index (χ0v) is 23.5. The number of rotatable bonds is 7. The Morgan fingerprint density at radius 3 is 2.45 bits per heavy atom. The van der Waals surface area contributed by atoms with E-state index in [1.54, 1.807) is 42.2 Å². The molecule has 2 aromatic carbocycles. The Bertz CT molecular complexity index is 1640. The number of halogens is 3. The van der Waals surface area contributed by atoms with Crippen LogP contribution in [0.5, 0.6) is 0 Å². The maximum atomic E-state index is 13.8. The second-order valence-corrected chi connectivity index (χ2v) is 11.8. The number of aromatic nitrogens is 2. The van der Waals surface area contributed by atoms with Crippen LogP contribution in [0.1, 0.15) is 40.2 Å². The first-order chi connectivity index (χ1) is 19.1. The molecule has 1 fully saturated rings. The summed E-state index contributed by atoms with van der Waals surface area (Å²) < 4.78 is 46.7. The molecule has 9 nitrogen and oxygen atoms in total. The van der Waals surface area contributed by atoms with Crippen LogP contribution in [-0.2, 0) is 10.0 Å². The van der Waals surface area contributed by atoms with Gasteiger partial charge in [-0.05, 0) is 61.6 Å². The van der Waals surface area contributed by atoms with Gasteiger partial charge < -0.3 is 14.7 Å². The lowest BCUT2D eigenvalue weighted by Gasteiger charge is -2.33. The third-order valence-corrected chi connectivity index (χ3v) is 8.89. The summed E-state index contributed by atoms with van der Waals surface area (Å²) >= 11 is 12.3. The van der Waals surface area contributed by atoms with E-state index < -0.39 is 10.0 Å². The number of carbonyl (C=O) groups is 1. The number of anilines is 3. The van der Waals surface area contributed by atoms with Crippen molar-refractivity contribution < 1.29 is 22.1 Å². The van der Waals surface area contributed by atoms with E-state index in [4.69, 9.17) is 27.7 Å². The molecule has 13 heteroatoms. The average Bonchev–Trinajstić information content (AvgIpc) is 3.44. The molecule has 1 amide bonds. The number of nitrogens with zero attached hydrogens (tertiary/aromatic N) is 3. The molecule has 3 heterocycles. The van der Waals surface area contributed by atoms with Crippen LogP contribution in [0, 0.1) is 12.7 Å². The van der Waals surface area contributed by atoms with Gasteiger partial charge in [-0.15, -0.1) is 0 Å². The molecule has 0 spiro atoms. The van der Waals surface area contributed by atoms with Gasteiger partial charge in [0.2, 0.25) is 0 Å². The van der Waals surface area contributed by atoms with Crippen molar-refractivity contribution in [3.8, 4) is 0 Å². The van der Waals surface area contributed by atoms with Gasteiger partial charge in [-0.25, -0.2) is 9.37 Å². The van der Waals surface area contributed by atoms with Gasteiger partial charge in [-0.1, -0.05) is 40.5 Å². The Morgan fingerprint density at radius 2 is 1.80 bits per heavy atom. The van der Waals surface area contributed by atoms with Crippen molar-refractivity contribution in [2.75, 3.05) is 23.1 Å². The molecule has 2 aromatic heterocycles. The fourth-order valence-corrected chi connectivity index (χ4v) is 6.15. The highest BCUT2D eigenvalue weighted by molar-refractivity contribution is 7.92. The van der Waals surface area contributed by atoms with E-state index in [0.717, 1.165) is 5.56 Å². The van der Waals surface area contributed by atoms with Crippen LogP contribution < -0.4 is 10.0 Å². The van der Waals surface area contributed by atoms with Gasteiger partial charge >= 0.3 is 0 Å². The molecule has 0 saturated carbocycles. The van der Waals surface area contributed by atoms with Crippen molar-refractivity contribution in [2.24, 2.45) is 0 Å². The van der Waals surface area contributed by atoms with E-state index in [-0.39, 0.29) is 50.3 Å². The summed E-state index contributed by atoms with van der Waals surface area (Å²) in [7, 11) is -4.17. The SMILES string of the molecule is Cc1c(S(=O)(=O)Nc2ccon2)ncc(C(=O)N2CCC(c3ccc(F)cc3)CC2)c1Nc1ccc(Cl)c(Cl)c1. The molecule has 0 unspecified atom stereocenters. The largest absolute Gasteiger partial charge is 0.363 e. The number of carbonyl (C=O) groups excluding carboxylic acids is 1. The summed E-state index contributed by atoms with van der Waals surface area (Å²) in [5.41, 5.74) is 2.21. The predicted octanol–water partition coefficient (Wildman–Crippen LogP) is 6.39. The summed E-state index contributed by atoms with van der Waals surface area (Å²) in [5.74, 6) is -0.398. The topological polar surface area (TPSA) is 117 Å². The number of hydrogen-bond acceptors (Lipinski definition) is 7. The third kappa shape index (κ3) is 5.91. The number of nitrogens with one attached hydrogen (secondary N) is 2. The molecular formula is C27H24Cl2FN5O4S. The van der Waals surface area contributed by atoms with E-state index in [1.165, 1.54) is 30.7 Å².